The quantitative estimate of drug-likeness (QED) is 0.646. The monoisotopic (exact) mass is 371 g/mol. The zero-order valence-electron chi connectivity index (χ0n) is 13.9. The van der Waals surface area contributed by atoms with E-state index in [1.165, 1.54) is 10.8 Å². The lowest BCUT2D eigenvalue weighted by molar-refractivity contribution is 0.0924. The minimum atomic E-state index is -0.404. The predicted molar refractivity (Wildman–Crippen MR) is 100 cm³/mol. The maximum atomic E-state index is 12.4. The van der Waals surface area contributed by atoms with Crippen LogP contribution in [0.4, 0.5) is 5.69 Å². The molecule has 8 heteroatoms. The second kappa shape index (κ2) is 7.99. The summed E-state index contributed by atoms with van der Waals surface area (Å²) in [5.41, 5.74) is 7.78. The highest BCUT2D eigenvalue weighted by Gasteiger charge is 2.12. The van der Waals surface area contributed by atoms with Crippen molar-refractivity contribution in [2.75, 3.05) is 11.9 Å². The molecule has 3 rings (SSSR count). The van der Waals surface area contributed by atoms with Crippen LogP contribution in [0.3, 0.4) is 0 Å². The molecule has 134 valence electrons. The molecule has 0 unspecified atom stereocenters. The van der Waals surface area contributed by atoms with E-state index in [1.54, 1.807) is 24.5 Å². The van der Waals surface area contributed by atoms with Gasteiger partial charge in [0, 0.05) is 30.8 Å². The van der Waals surface area contributed by atoms with Crippen molar-refractivity contribution in [2.45, 2.75) is 13.1 Å². The highest BCUT2D eigenvalue weighted by atomic mass is 35.5. The van der Waals surface area contributed by atoms with E-state index in [-0.39, 0.29) is 12.5 Å². The lowest BCUT2D eigenvalue weighted by atomic mass is 10.2. The van der Waals surface area contributed by atoms with Gasteiger partial charge in [0.05, 0.1) is 13.1 Å². The lowest BCUT2D eigenvalue weighted by Gasteiger charge is -2.10. The Bertz CT molecular complexity index is 962. The first kappa shape index (κ1) is 17.9. The molecule has 1 aromatic carbocycles. The van der Waals surface area contributed by atoms with Gasteiger partial charge in [0.2, 0.25) is 0 Å². The molecule has 2 heterocycles. The normalized spacial score (nSPS) is 10.7. The maximum absolute atomic E-state index is 12.4. The third-order valence-electron chi connectivity index (χ3n) is 3.93. The number of carbonyl (C=O) groups is 1. The molecule has 0 aliphatic heterocycles. The summed E-state index contributed by atoms with van der Waals surface area (Å²) in [5, 5.41) is 3.42. The van der Waals surface area contributed by atoms with Gasteiger partial charge in [0.15, 0.2) is 0 Å². The maximum Gasteiger partial charge on any atom is 0.335 e. The van der Waals surface area contributed by atoms with Crippen molar-refractivity contribution in [3.8, 4) is 0 Å². The smallest absolute Gasteiger partial charge is 0.335 e. The molecular weight excluding hydrogens is 354 g/mol. The average molecular weight is 372 g/mol. The summed E-state index contributed by atoms with van der Waals surface area (Å²) in [6.45, 7) is 0.666. The Labute approximate surface area is 155 Å². The number of rotatable bonds is 6. The number of nitrogens with two attached hydrogens (primary N) is 1. The Balaban J connectivity index is 1.69. The molecule has 0 amide bonds. The van der Waals surface area contributed by atoms with E-state index in [2.05, 4.69) is 10.3 Å². The van der Waals surface area contributed by atoms with E-state index >= 15 is 0 Å². The van der Waals surface area contributed by atoms with Gasteiger partial charge in [-0.3, -0.25) is 9.36 Å². The van der Waals surface area contributed by atoms with Crippen molar-refractivity contribution < 1.29 is 4.79 Å². The number of benzene rings is 1. The van der Waals surface area contributed by atoms with Crippen molar-refractivity contribution in [2.24, 2.45) is 5.73 Å². The molecule has 0 aliphatic carbocycles. The van der Waals surface area contributed by atoms with E-state index in [1.807, 2.05) is 24.3 Å². The molecule has 26 heavy (non-hydrogen) atoms. The van der Waals surface area contributed by atoms with E-state index in [4.69, 9.17) is 17.3 Å². The number of aromatic nitrogens is 3. The second-order valence-electron chi connectivity index (χ2n) is 5.68. The highest BCUT2D eigenvalue weighted by Crippen LogP contribution is 2.13. The number of halogens is 1. The van der Waals surface area contributed by atoms with Crippen molar-refractivity contribution in [3.63, 3.8) is 0 Å². The molecule has 7 nitrogen and oxygen atoms in total. The number of imidazole rings is 1. The zero-order valence-corrected chi connectivity index (χ0v) is 14.7. The first-order valence-electron chi connectivity index (χ1n) is 8.01. The van der Waals surface area contributed by atoms with Crippen molar-refractivity contribution in [1.29, 1.82) is 0 Å². The van der Waals surface area contributed by atoms with Gasteiger partial charge >= 0.3 is 5.69 Å². The Morgan fingerprint density at radius 3 is 2.73 bits per heavy atom. The van der Waals surface area contributed by atoms with Crippen LogP contribution in [0.2, 0.25) is 5.15 Å². The van der Waals surface area contributed by atoms with E-state index in [0.29, 0.717) is 18.2 Å². The van der Waals surface area contributed by atoms with Crippen LogP contribution in [0.15, 0.2) is 59.8 Å². The molecule has 0 radical (unpaired) electrons. The topological polar surface area (TPSA) is 94.9 Å². The molecule has 0 saturated carbocycles. The molecule has 0 bridgehead atoms. The Kier molecular flexibility index (Phi) is 5.50. The fraction of sp³-hybridized carbons (Fsp3) is 0.167. The summed E-state index contributed by atoms with van der Waals surface area (Å²) < 4.78 is 2.53. The minimum absolute atomic E-state index is 0.0105. The number of nitrogens with one attached hydrogen (secondary N) is 1. The molecular formula is C18H18ClN5O2. The van der Waals surface area contributed by atoms with Crippen LogP contribution < -0.4 is 16.7 Å². The lowest BCUT2D eigenvalue weighted by Crippen LogP contribution is -2.32. The first-order valence-corrected chi connectivity index (χ1v) is 8.39. The number of hydrogen-bond acceptors (Lipinski definition) is 5. The fourth-order valence-corrected chi connectivity index (χ4v) is 2.66. The number of carbonyl (C=O) groups excluding carboxylic acids is 1. The molecule has 0 saturated heterocycles. The van der Waals surface area contributed by atoms with Gasteiger partial charge in [-0.05, 0) is 23.3 Å². The molecule has 3 N–H and O–H groups in total. The van der Waals surface area contributed by atoms with Gasteiger partial charge in [-0.25, -0.2) is 14.3 Å². The van der Waals surface area contributed by atoms with Crippen LogP contribution in [-0.2, 0) is 13.1 Å². The third-order valence-corrected chi connectivity index (χ3v) is 4.15. The van der Waals surface area contributed by atoms with Crippen molar-refractivity contribution >= 4 is 23.2 Å². The molecule has 3 aromatic rings. The van der Waals surface area contributed by atoms with Gasteiger partial charge in [0.25, 0.3) is 5.91 Å². The Hall–Kier alpha value is -2.90. The molecule has 0 spiro atoms. The number of nitrogens with zero attached hydrogens (tertiary/aromatic N) is 3. The summed E-state index contributed by atoms with van der Waals surface area (Å²) in [6, 6.07) is 10.9. The Morgan fingerprint density at radius 1 is 1.19 bits per heavy atom. The van der Waals surface area contributed by atoms with Gasteiger partial charge in [-0.1, -0.05) is 35.9 Å². The summed E-state index contributed by atoms with van der Waals surface area (Å²) in [5.74, 6) is -0.352. The molecule has 0 atom stereocenters. The van der Waals surface area contributed by atoms with Crippen LogP contribution in [0.1, 0.15) is 15.9 Å². The molecule has 0 aliphatic rings. The van der Waals surface area contributed by atoms with Crippen LogP contribution >= 0.6 is 11.6 Å². The van der Waals surface area contributed by atoms with Crippen LogP contribution in [0.25, 0.3) is 0 Å². The van der Waals surface area contributed by atoms with Gasteiger partial charge in [-0.15, -0.1) is 0 Å². The Morgan fingerprint density at radius 2 is 2.00 bits per heavy atom. The summed E-state index contributed by atoms with van der Waals surface area (Å²) >= 11 is 5.76. The minimum Gasteiger partial charge on any atom is -0.376 e. The van der Waals surface area contributed by atoms with Crippen LogP contribution in [-0.4, -0.2) is 26.6 Å². The van der Waals surface area contributed by atoms with Crippen molar-refractivity contribution in [1.82, 2.24) is 14.1 Å². The summed E-state index contributed by atoms with van der Waals surface area (Å²) in [4.78, 5) is 28.8. The van der Waals surface area contributed by atoms with Gasteiger partial charge in [0.1, 0.15) is 5.15 Å². The zero-order chi connectivity index (χ0) is 18.5. The standard InChI is InChI=1S/C18H18ClN5O2/c19-16-6-5-13(10-22-16)12-23-7-8-24(18(23)26)17(25)11-21-15-4-2-1-3-14(15)9-20/h1-8,10,21H,9,11-12,20H2. The molecule has 0 fully saturated rings. The van der Waals surface area contributed by atoms with Crippen molar-refractivity contribution in [3.05, 3.63) is 81.8 Å². The predicted octanol–water partition coefficient (Wildman–Crippen LogP) is 1.96. The average Bonchev–Trinajstić information content (AvgIpc) is 3.02. The number of hydrogen-bond donors (Lipinski definition) is 2. The third kappa shape index (κ3) is 4.01. The number of para-hydroxylation sites is 1. The number of pyridine rings is 1. The summed E-state index contributed by atoms with van der Waals surface area (Å²) in [7, 11) is 0. The SMILES string of the molecule is NCc1ccccc1NCC(=O)n1ccn(Cc2ccc(Cl)nc2)c1=O. The molecule has 2 aromatic heterocycles. The number of anilines is 1. The van der Waals surface area contributed by atoms with E-state index in [0.717, 1.165) is 21.4 Å². The van der Waals surface area contributed by atoms with Crippen LogP contribution in [0.5, 0.6) is 0 Å². The first-order chi connectivity index (χ1) is 12.6. The highest BCUT2D eigenvalue weighted by molar-refractivity contribution is 6.29. The largest absolute Gasteiger partial charge is 0.376 e. The second-order valence-corrected chi connectivity index (χ2v) is 6.06. The van der Waals surface area contributed by atoms with E-state index < -0.39 is 5.69 Å². The summed E-state index contributed by atoms with van der Waals surface area (Å²) in [6.07, 6.45) is 4.63. The van der Waals surface area contributed by atoms with E-state index in [9.17, 15) is 9.59 Å². The van der Waals surface area contributed by atoms with Gasteiger partial charge < -0.3 is 11.1 Å². The van der Waals surface area contributed by atoms with Gasteiger partial charge in [-0.2, -0.15) is 0 Å². The fourth-order valence-electron chi connectivity index (χ4n) is 2.55. The van der Waals surface area contributed by atoms with Crippen LogP contribution in [0, 0.1) is 0 Å².